The number of hydrogen-bond acceptors (Lipinski definition) is 12. The molecule has 1 saturated carbocycles. The highest BCUT2D eigenvalue weighted by molar-refractivity contribution is 6.29. The second-order valence-electron chi connectivity index (χ2n) is 12.3. The minimum absolute atomic E-state index is 0.0184. The fraction of sp³-hybridized carbons (Fsp3) is 0.438. The van der Waals surface area contributed by atoms with Gasteiger partial charge in [-0.25, -0.2) is 0 Å². The lowest BCUT2D eigenvalue weighted by molar-refractivity contribution is -0.165. The predicted octanol–water partition coefficient (Wildman–Crippen LogP) is 1.65. The van der Waals surface area contributed by atoms with Crippen molar-refractivity contribution in [2.45, 2.75) is 70.1 Å². The van der Waals surface area contributed by atoms with Crippen LogP contribution in [-0.4, -0.2) is 90.1 Å². The van der Waals surface area contributed by atoms with Crippen LogP contribution in [0.4, 0.5) is 0 Å². The number of carbonyl (C=O) groups excluding carboxylic acids is 4. The molecule has 5 aliphatic rings. The summed E-state index contributed by atoms with van der Waals surface area (Å²) in [5.41, 5.74) is -2.35. The molecule has 6 N–H and O–H groups in total. The first-order valence-electron chi connectivity index (χ1n) is 14.7. The van der Waals surface area contributed by atoms with Gasteiger partial charge in [0.05, 0.1) is 71.9 Å². The summed E-state index contributed by atoms with van der Waals surface area (Å²) < 4.78 is 11.4. The number of carboxylic acid groups (broad SMARTS) is 2. The standard InChI is InChI=1S/C32H30O14/c1-9-21-15(3-11(45-9)5-19(35)36)29(41)23-17(33)7-13(27(39)25(23)31(21)43)14-8-18(34)24-26(28(14)40)32(44)22-10(2)46-12(6-20(37)38)4-16(22)30(24)42/h7-12,15,21,25,27,33,39,42,44H,3-6H2,1-2H3,(H,35,36)(H,37,38). The lowest BCUT2D eigenvalue weighted by atomic mass is 9.60. The zero-order chi connectivity index (χ0) is 33.5. The first-order chi connectivity index (χ1) is 21.6. The first kappa shape index (κ1) is 31.3. The van der Waals surface area contributed by atoms with Crippen molar-refractivity contribution < 1.29 is 68.9 Å². The highest BCUT2D eigenvalue weighted by atomic mass is 16.5. The van der Waals surface area contributed by atoms with Crippen molar-refractivity contribution in [1.29, 1.82) is 0 Å². The molecule has 0 spiro atoms. The van der Waals surface area contributed by atoms with Crippen LogP contribution >= 0.6 is 0 Å². The number of carbonyl (C=O) groups is 6. The number of ketones is 4. The van der Waals surface area contributed by atoms with Gasteiger partial charge in [0, 0.05) is 29.0 Å². The van der Waals surface area contributed by atoms with Crippen molar-refractivity contribution in [2.24, 2.45) is 17.8 Å². The number of phenols is 2. The molecule has 14 heteroatoms. The van der Waals surface area contributed by atoms with E-state index in [2.05, 4.69) is 0 Å². The van der Waals surface area contributed by atoms with Gasteiger partial charge in [-0.3, -0.25) is 28.8 Å². The lowest BCUT2D eigenvalue weighted by Crippen LogP contribution is -2.56. The van der Waals surface area contributed by atoms with Gasteiger partial charge in [-0.1, -0.05) is 0 Å². The van der Waals surface area contributed by atoms with Gasteiger partial charge in [0.15, 0.2) is 17.3 Å². The minimum atomic E-state index is -1.89. The first-order valence-corrected chi connectivity index (χ1v) is 14.7. The summed E-state index contributed by atoms with van der Waals surface area (Å²) >= 11 is 0. The second-order valence-corrected chi connectivity index (χ2v) is 12.3. The largest absolute Gasteiger partial charge is 0.508 e. The van der Waals surface area contributed by atoms with Crippen LogP contribution in [0.3, 0.4) is 0 Å². The fourth-order valence-electron chi connectivity index (χ4n) is 7.72. The Balaban J connectivity index is 1.40. The molecule has 0 amide bonds. The Kier molecular flexibility index (Phi) is 7.49. The van der Waals surface area contributed by atoms with Gasteiger partial charge in [-0.15, -0.1) is 0 Å². The van der Waals surface area contributed by atoms with Crippen LogP contribution in [0.15, 0.2) is 34.6 Å². The van der Waals surface area contributed by atoms with E-state index in [0.29, 0.717) is 0 Å². The molecule has 6 rings (SSSR count). The van der Waals surface area contributed by atoms with Crippen LogP contribution in [0.25, 0.3) is 0 Å². The number of rotatable bonds is 5. The number of phenolic OH excluding ortho intramolecular Hbond substituents is 2. The van der Waals surface area contributed by atoms with E-state index in [-0.39, 0.29) is 29.5 Å². The van der Waals surface area contributed by atoms with E-state index in [1.165, 1.54) is 13.8 Å². The number of fused-ring (bicyclic) bond motifs is 4. The molecule has 242 valence electrons. The molecule has 1 aromatic carbocycles. The van der Waals surface area contributed by atoms with E-state index in [9.17, 15) is 59.4 Å². The number of hydrogen-bond donors (Lipinski definition) is 6. The number of carboxylic acids is 2. The molecule has 0 aromatic heterocycles. The molecule has 3 aliphatic carbocycles. The van der Waals surface area contributed by atoms with Gasteiger partial charge >= 0.3 is 11.9 Å². The van der Waals surface area contributed by atoms with E-state index in [1.807, 2.05) is 0 Å². The molecule has 2 fully saturated rings. The van der Waals surface area contributed by atoms with E-state index < -0.39 is 136 Å². The van der Waals surface area contributed by atoms with Crippen molar-refractivity contribution in [3.05, 3.63) is 56.9 Å². The number of ether oxygens (including phenoxy) is 2. The van der Waals surface area contributed by atoms with Crippen molar-refractivity contribution in [2.75, 3.05) is 0 Å². The molecule has 1 aromatic rings. The van der Waals surface area contributed by atoms with Crippen LogP contribution < -0.4 is 0 Å². The van der Waals surface area contributed by atoms with Crippen LogP contribution in [0.1, 0.15) is 71.1 Å². The molecule has 0 radical (unpaired) electrons. The molecule has 2 heterocycles. The second kappa shape index (κ2) is 11.0. The Morgan fingerprint density at radius 2 is 1.54 bits per heavy atom. The Labute approximate surface area is 260 Å². The lowest BCUT2D eigenvalue weighted by Gasteiger charge is -2.46. The zero-order valence-corrected chi connectivity index (χ0v) is 24.6. The number of aliphatic hydroxyl groups excluding tert-OH is 2. The third-order valence-electron chi connectivity index (χ3n) is 9.55. The summed E-state index contributed by atoms with van der Waals surface area (Å²) in [4.78, 5) is 77.3. The maximum absolute atomic E-state index is 13.9. The van der Waals surface area contributed by atoms with Crippen LogP contribution in [0.5, 0.6) is 11.5 Å². The molecule has 0 bridgehead atoms. The summed E-state index contributed by atoms with van der Waals surface area (Å²) in [7, 11) is 0. The maximum atomic E-state index is 13.9. The van der Waals surface area contributed by atoms with Crippen molar-refractivity contribution >= 4 is 35.1 Å². The smallest absolute Gasteiger partial charge is 0.305 e. The molecule has 8 atom stereocenters. The zero-order valence-electron chi connectivity index (χ0n) is 24.6. The molecule has 2 aliphatic heterocycles. The van der Waals surface area contributed by atoms with Gasteiger partial charge in [0.25, 0.3) is 0 Å². The van der Waals surface area contributed by atoms with Crippen LogP contribution in [0.2, 0.25) is 0 Å². The number of aliphatic hydroxyl groups is 2. The van der Waals surface area contributed by atoms with Gasteiger partial charge in [-0.2, -0.15) is 0 Å². The number of benzene rings is 1. The molecule has 8 unspecified atom stereocenters. The van der Waals surface area contributed by atoms with Crippen molar-refractivity contribution in [3.8, 4) is 11.5 Å². The SMILES string of the molecule is CC1OC(CC(=O)O)Cc2c(O)c3c(c(O)c21)C(=O)C(C1=CC(O)=C2C(=O)C4CC(CC(=O)O)OC(C)C4C(=O)C2C1O)=CC3=O. The number of aromatic hydroxyl groups is 2. The monoisotopic (exact) mass is 638 g/mol. The average Bonchev–Trinajstić information content (AvgIpc) is 2.95. The summed E-state index contributed by atoms with van der Waals surface area (Å²) in [6.07, 6.45) is -4.89. The third kappa shape index (κ3) is 4.66. The van der Waals surface area contributed by atoms with Gasteiger partial charge in [0.2, 0.25) is 0 Å². The van der Waals surface area contributed by atoms with Crippen molar-refractivity contribution in [3.63, 3.8) is 0 Å². The van der Waals surface area contributed by atoms with Gasteiger partial charge in [0.1, 0.15) is 23.0 Å². The number of aliphatic carboxylic acids is 2. The van der Waals surface area contributed by atoms with Crippen LogP contribution in [0, 0.1) is 17.8 Å². The Morgan fingerprint density at radius 1 is 0.891 bits per heavy atom. The highest BCUT2D eigenvalue weighted by Crippen LogP contribution is 2.51. The number of allylic oxidation sites excluding steroid dienone is 2. The third-order valence-corrected chi connectivity index (χ3v) is 9.55. The Morgan fingerprint density at radius 3 is 2.20 bits per heavy atom. The molecular weight excluding hydrogens is 608 g/mol. The van der Waals surface area contributed by atoms with E-state index in [1.54, 1.807) is 0 Å². The summed E-state index contributed by atoms with van der Waals surface area (Å²) in [6.45, 7) is 2.98. The molecular formula is C32H30O14. The minimum Gasteiger partial charge on any atom is -0.508 e. The molecule has 14 nitrogen and oxygen atoms in total. The Hall–Kier alpha value is -4.66. The average molecular weight is 639 g/mol. The molecule has 1 saturated heterocycles. The highest BCUT2D eigenvalue weighted by Gasteiger charge is 2.57. The van der Waals surface area contributed by atoms with E-state index >= 15 is 0 Å². The topological polar surface area (TPSA) is 242 Å². The predicted molar refractivity (Wildman–Crippen MR) is 151 cm³/mol. The van der Waals surface area contributed by atoms with Crippen LogP contribution in [-0.2, 0) is 35.1 Å². The fourth-order valence-corrected chi connectivity index (χ4v) is 7.72. The number of Topliss-reactive ketones (excluding diaryl/α,β-unsaturated/α-hetero) is 3. The van der Waals surface area contributed by atoms with E-state index in [0.717, 1.165) is 12.2 Å². The summed E-state index contributed by atoms with van der Waals surface area (Å²) in [6, 6.07) is 0. The summed E-state index contributed by atoms with van der Waals surface area (Å²) in [5.74, 6) is -11.4. The van der Waals surface area contributed by atoms with E-state index in [4.69, 9.17) is 9.47 Å². The normalized spacial score (nSPS) is 32.2. The van der Waals surface area contributed by atoms with Gasteiger partial charge < -0.3 is 40.1 Å². The quantitative estimate of drug-likeness (QED) is 0.251. The van der Waals surface area contributed by atoms with Gasteiger partial charge in [-0.05, 0) is 38.0 Å². The molecule has 46 heavy (non-hydrogen) atoms. The summed E-state index contributed by atoms with van der Waals surface area (Å²) in [5, 5.41) is 63.3. The maximum Gasteiger partial charge on any atom is 0.305 e. The van der Waals surface area contributed by atoms with Crippen molar-refractivity contribution in [1.82, 2.24) is 0 Å². The Bertz CT molecular complexity index is 1740.